The van der Waals surface area contributed by atoms with Crippen LogP contribution in [0.2, 0.25) is 0 Å². The first-order valence-corrected chi connectivity index (χ1v) is 7.94. The monoisotopic (exact) mass is 371 g/mol. The maximum absolute atomic E-state index is 13.3. The minimum atomic E-state index is -0.758. The lowest BCUT2D eigenvalue weighted by molar-refractivity contribution is -0.384. The summed E-state index contributed by atoms with van der Waals surface area (Å²) < 4.78 is 13.3. The summed E-state index contributed by atoms with van der Waals surface area (Å²) in [5, 5.41) is 13.4. The topological polar surface area (TPSA) is 110 Å². The first kappa shape index (κ1) is 18.2. The summed E-state index contributed by atoms with van der Waals surface area (Å²) in [6, 6.07) is 7.74. The zero-order chi connectivity index (χ0) is 19.7. The molecule has 0 fully saturated rings. The summed E-state index contributed by atoms with van der Waals surface area (Å²) >= 11 is 0. The van der Waals surface area contributed by atoms with Crippen molar-refractivity contribution in [3.8, 4) is 0 Å². The predicted molar refractivity (Wildman–Crippen MR) is 91.4 cm³/mol. The van der Waals surface area contributed by atoms with Crippen molar-refractivity contribution >= 4 is 23.4 Å². The molecule has 1 N–H and O–H groups in total. The molecule has 0 saturated heterocycles. The second kappa shape index (κ2) is 6.94. The van der Waals surface area contributed by atoms with Crippen molar-refractivity contribution < 1.29 is 23.7 Å². The Balaban J connectivity index is 1.67. The van der Waals surface area contributed by atoms with Crippen LogP contribution in [0.4, 0.5) is 10.1 Å². The number of halogens is 1. The van der Waals surface area contributed by atoms with E-state index in [0.29, 0.717) is 11.1 Å². The number of hydrogen-bond acceptors (Lipinski definition) is 5. The van der Waals surface area contributed by atoms with Crippen LogP contribution < -0.4 is 5.32 Å². The van der Waals surface area contributed by atoms with Gasteiger partial charge in [0, 0.05) is 18.7 Å². The van der Waals surface area contributed by atoms with Gasteiger partial charge >= 0.3 is 0 Å². The van der Waals surface area contributed by atoms with E-state index in [1.165, 1.54) is 18.2 Å². The maximum atomic E-state index is 13.3. The average Bonchev–Trinajstić information content (AvgIpc) is 2.87. The highest BCUT2D eigenvalue weighted by Crippen LogP contribution is 2.26. The molecule has 1 heterocycles. The minimum absolute atomic E-state index is 0.0209. The van der Waals surface area contributed by atoms with Gasteiger partial charge in [-0.25, -0.2) is 4.39 Å². The molecule has 0 unspecified atom stereocenters. The summed E-state index contributed by atoms with van der Waals surface area (Å²) in [4.78, 5) is 47.6. The fraction of sp³-hybridized carbons (Fsp3) is 0.167. The third-order valence-corrected chi connectivity index (χ3v) is 4.18. The molecule has 9 heteroatoms. The normalized spacial score (nSPS) is 12.9. The Morgan fingerprint density at radius 1 is 1.15 bits per heavy atom. The summed E-state index contributed by atoms with van der Waals surface area (Å²) in [5.41, 5.74) is 0.709. The Hall–Kier alpha value is -3.62. The molecule has 0 aromatic heterocycles. The van der Waals surface area contributed by atoms with Crippen LogP contribution in [0.1, 0.15) is 31.8 Å². The zero-order valence-corrected chi connectivity index (χ0v) is 14.2. The van der Waals surface area contributed by atoms with Crippen LogP contribution in [0.25, 0.3) is 0 Å². The molecular formula is C18H14FN3O5. The Bertz CT molecular complexity index is 989. The van der Waals surface area contributed by atoms with Gasteiger partial charge in [0.15, 0.2) is 0 Å². The number of nitro groups is 1. The quantitative estimate of drug-likeness (QED) is 0.491. The van der Waals surface area contributed by atoms with Crippen molar-refractivity contribution in [1.82, 2.24) is 10.2 Å². The number of carbonyl (C=O) groups is 3. The molecule has 0 bridgehead atoms. The number of rotatable bonds is 5. The van der Waals surface area contributed by atoms with Gasteiger partial charge in [-0.05, 0) is 30.2 Å². The van der Waals surface area contributed by atoms with Crippen LogP contribution in [0.3, 0.4) is 0 Å². The molecule has 0 saturated carbocycles. The standard InChI is InChI=1S/C18H14FN3O5/c1-10-6-11(2-5-15(10)19)8-20-16(23)9-21-17(24)13-4-3-12(22(26)27)7-14(13)18(21)25/h2-7H,8-9H2,1H3,(H,20,23). The van der Waals surface area contributed by atoms with E-state index in [0.717, 1.165) is 17.0 Å². The number of aryl methyl sites for hydroxylation is 1. The van der Waals surface area contributed by atoms with Gasteiger partial charge in [-0.2, -0.15) is 0 Å². The molecule has 0 atom stereocenters. The van der Waals surface area contributed by atoms with E-state index in [4.69, 9.17) is 0 Å². The molecule has 138 valence electrons. The van der Waals surface area contributed by atoms with E-state index >= 15 is 0 Å². The van der Waals surface area contributed by atoms with Crippen LogP contribution in [0, 0.1) is 22.9 Å². The number of carbonyl (C=O) groups excluding carboxylic acids is 3. The first-order valence-electron chi connectivity index (χ1n) is 7.94. The van der Waals surface area contributed by atoms with Gasteiger partial charge in [-0.15, -0.1) is 0 Å². The summed E-state index contributed by atoms with van der Waals surface area (Å²) in [5.74, 6) is -2.38. The van der Waals surface area contributed by atoms with E-state index < -0.39 is 29.2 Å². The van der Waals surface area contributed by atoms with Gasteiger partial charge in [0.25, 0.3) is 17.5 Å². The van der Waals surface area contributed by atoms with Gasteiger partial charge in [-0.3, -0.25) is 29.4 Å². The molecule has 1 aliphatic rings. The molecule has 1 aliphatic heterocycles. The van der Waals surface area contributed by atoms with Crippen molar-refractivity contribution in [1.29, 1.82) is 0 Å². The highest BCUT2D eigenvalue weighted by atomic mass is 19.1. The van der Waals surface area contributed by atoms with Crippen LogP contribution in [-0.2, 0) is 11.3 Å². The third kappa shape index (κ3) is 3.52. The van der Waals surface area contributed by atoms with Gasteiger partial charge in [0.1, 0.15) is 12.4 Å². The Labute approximate surface area is 152 Å². The maximum Gasteiger partial charge on any atom is 0.270 e. The van der Waals surface area contributed by atoms with E-state index in [2.05, 4.69) is 5.32 Å². The number of nitro benzene ring substituents is 1. The Morgan fingerprint density at radius 3 is 2.52 bits per heavy atom. The lowest BCUT2D eigenvalue weighted by Gasteiger charge is -2.13. The number of benzene rings is 2. The molecular weight excluding hydrogens is 357 g/mol. The molecule has 0 radical (unpaired) electrons. The third-order valence-electron chi connectivity index (χ3n) is 4.18. The van der Waals surface area contributed by atoms with Crippen LogP contribution >= 0.6 is 0 Å². The fourth-order valence-corrected chi connectivity index (χ4v) is 2.75. The predicted octanol–water partition coefficient (Wildman–Crippen LogP) is 1.95. The van der Waals surface area contributed by atoms with Crippen molar-refractivity contribution in [2.45, 2.75) is 13.5 Å². The molecule has 3 rings (SSSR count). The highest BCUT2D eigenvalue weighted by Gasteiger charge is 2.37. The lowest BCUT2D eigenvalue weighted by atomic mass is 10.1. The summed E-state index contributed by atoms with van der Waals surface area (Å²) in [6.45, 7) is 1.19. The SMILES string of the molecule is Cc1cc(CNC(=O)CN2C(=O)c3ccc([N+](=O)[O-])cc3C2=O)ccc1F. The second-order valence-corrected chi connectivity index (χ2v) is 6.04. The van der Waals surface area contributed by atoms with Crippen LogP contribution in [0.5, 0.6) is 0 Å². The molecule has 27 heavy (non-hydrogen) atoms. The number of nitrogens with zero attached hydrogens (tertiary/aromatic N) is 2. The van der Waals surface area contributed by atoms with Crippen molar-refractivity contribution in [2.75, 3.05) is 6.54 Å². The van der Waals surface area contributed by atoms with Gasteiger partial charge in [0.05, 0.1) is 16.1 Å². The smallest absolute Gasteiger partial charge is 0.270 e. The number of fused-ring (bicyclic) bond motifs is 1. The van der Waals surface area contributed by atoms with E-state index in [9.17, 15) is 28.9 Å². The number of hydrogen-bond donors (Lipinski definition) is 1. The summed E-state index contributed by atoms with van der Waals surface area (Å²) in [7, 11) is 0. The van der Waals surface area contributed by atoms with E-state index in [-0.39, 0.29) is 29.2 Å². The Morgan fingerprint density at radius 2 is 1.85 bits per heavy atom. The fourth-order valence-electron chi connectivity index (χ4n) is 2.75. The van der Waals surface area contributed by atoms with Crippen molar-refractivity contribution in [2.24, 2.45) is 0 Å². The first-order chi connectivity index (χ1) is 12.8. The molecule has 0 aliphatic carbocycles. The summed E-state index contributed by atoms with van der Waals surface area (Å²) in [6.07, 6.45) is 0. The van der Waals surface area contributed by atoms with Crippen molar-refractivity contribution in [3.05, 3.63) is 74.6 Å². The largest absolute Gasteiger partial charge is 0.350 e. The number of amides is 3. The Kier molecular flexibility index (Phi) is 4.68. The molecule has 8 nitrogen and oxygen atoms in total. The number of imide groups is 1. The van der Waals surface area contributed by atoms with Gasteiger partial charge in [0.2, 0.25) is 5.91 Å². The number of nitrogens with one attached hydrogen (secondary N) is 1. The minimum Gasteiger partial charge on any atom is -0.350 e. The molecule has 2 aromatic rings. The zero-order valence-electron chi connectivity index (χ0n) is 14.2. The van der Waals surface area contributed by atoms with E-state index in [1.807, 2.05) is 0 Å². The molecule has 0 spiro atoms. The van der Waals surface area contributed by atoms with Crippen LogP contribution in [0.15, 0.2) is 36.4 Å². The molecule has 2 aromatic carbocycles. The molecule has 3 amide bonds. The highest BCUT2D eigenvalue weighted by molar-refractivity contribution is 6.22. The number of non-ortho nitro benzene ring substituents is 1. The average molecular weight is 371 g/mol. The van der Waals surface area contributed by atoms with Gasteiger partial charge in [-0.1, -0.05) is 12.1 Å². The van der Waals surface area contributed by atoms with Gasteiger partial charge < -0.3 is 5.32 Å². The lowest BCUT2D eigenvalue weighted by Crippen LogP contribution is -2.40. The van der Waals surface area contributed by atoms with Crippen molar-refractivity contribution in [3.63, 3.8) is 0 Å². The van der Waals surface area contributed by atoms with Crippen LogP contribution in [-0.4, -0.2) is 34.1 Å². The second-order valence-electron chi connectivity index (χ2n) is 6.04. The van der Waals surface area contributed by atoms with E-state index in [1.54, 1.807) is 13.0 Å².